The molecule has 2 rings (SSSR count). The first kappa shape index (κ1) is 11.9. The summed E-state index contributed by atoms with van der Waals surface area (Å²) in [7, 11) is 0. The van der Waals surface area contributed by atoms with Crippen molar-refractivity contribution in [3.05, 3.63) is 55.7 Å². The SMILES string of the molecule is Oc1nc(Cc2ccccc2)c(Br)cc1I. The molecule has 4 heteroatoms. The van der Waals surface area contributed by atoms with E-state index in [4.69, 9.17) is 0 Å². The van der Waals surface area contributed by atoms with Crippen LogP contribution in [0, 0.1) is 3.57 Å². The van der Waals surface area contributed by atoms with Crippen molar-refractivity contribution in [1.29, 1.82) is 0 Å². The lowest BCUT2D eigenvalue weighted by Crippen LogP contribution is -1.95. The maximum atomic E-state index is 9.56. The Morgan fingerprint density at radius 1 is 1.25 bits per heavy atom. The van der Waals surface area contributed by atoms with Gasteiger partial charge in [0.05, 0.1) is 9.26 Å². The van der Waals surface area contributed by atoms with Crippen LogP contribution in [0.25, 0.3) is 0 Å². The second kappa shape index (κ2) is 5.14. The van der Waals surface area contributed by atoms with Crippen LogP contribution >= 0.6 is 38.5 Å². The van der Waals surface area contributed by atoms with Gasteiger partial charge >= 0.3 is 0 Å². The molecule has 0 aliphatic heterocycles. The van der Waals surface area contributed by atoms with Crippen LogP contribution in [0.15, 0.2) is 40.9 Å². The molecule has 1 aromatic carbocycles. The van der Waals surface area contributed by atoms with E-state index in [9.17, 15) is 5.11 Å². The number of aromatic hydroxyl groups is 1. The van der Waals surface area contributed by atoms with Gasteiger partial charge < -0.3 is 5.11 Å². The number of nitrogens with zero attached hydrogens (tertiary/aromatic N) is 1. The summed E-state index contributed by atoms with van der Waals surface area (Å²) >= 11 is 5.52. The topological polar surface area (TPSA) is 33.1 Å². The average Bonchev–Trinajstić information content (AvgIpc) is 2.27. The van der Waals surface area contributed by atoms with E-state index in [2.05, 4.69) is 43.5 Å². The Morgan fingerprint density at radius 3 is 2.62 bits per heavy atom. The van der Waals surface area contributed by atoms with Crippen LogP contribution in [0.3, 0.4) is 0 Å². The van der Waals surface area contributed by atoms with E-state index in [1.807, 2.05) is 36.4 Å². The number of aromatic nitrogens is 1. The van der Waals surface area contributed by atoms with Crippen molar-refractivity contribution < 1.29 is 5.11 Å². The number of hydrogen-bond donors (Lipinski definition) is 1. The van der Waals surface area contributed by atoms with Gasteiger partial charge in [-0.3, -0.25) is 0 Å². The third kappa shape index (κ3) is 2.74. The monoisotopic (exact) mass is 389 g/mol. The molecule has 1 aromatic heterocycles. The zero-order valence-corrected chi connectivity index (χ0v) is 12.1. The van der Waals surface area contributed by atoms with E-state index in [-0.39, 0.29) is 5.88 Å². The predicted molar refractivity (Wildman–Crippen MR) is 75.6 cm³/mol. The Balaban J connectivity index is 2.32. The summed E-state index contributed by atoms with van der Waals surface area (Å²) in [5.41, 5.74) is 2.03. The van der Waals surface area contributed by atoms with Gasteiger partial charge in [0, 0.05) is 10.9 Å². The van der Waals surface area contributed by atoms with Crippen LogP contribution in [0.5, 0.6) is 5.88 Å². The number of pyridine rings is 1. The minimum absolute atomic E-state index is 0.0923. The molecule has 0 saturated carbocycles. The summed E-state index contributed by atoms with van der Waals surface area (Å²) in [5.74, 6) is 0.0923. The van der Waals surface area contributed by atoms with Gasteiger partial charge in [0.1, 0.15) is 0 Å². The molecule has 16 heavy (non-hydrogen) atoms. The summed E-state index contributed by atoms with van der Waals surface area (Å²) in [5, 5.41) is 9.56. The third-order valence-electron chi connectivity index (χ3n) is 2.20. The van der Waals surface area contributed by atoms with Crippen molar-refractivity contribution in [2.45, 2.75) is 6.42 Å². The lowest BCUT2D eigenvalue weighted by molar-refractivity contribution is 0.447. The third-order valence-corrected chi connectivity index (χ3v) is 3.68. The molecule has 0 amide bonds. The first-order valence-corrected chi connectivity index (χ1v) is 6.62. The zero-order valence-electron chi connectivity index (χ0n) is 8.32. The molecule has 1 heterocycles. The highest BCUT2D eigenvalue weighted by Gasteiger charge is 2.08. The fourth-order valence-corrected chi connectivity index (χ4v) is 2.72. The van der Waals surface area contributed by atoms with Gasteiger partial charge in [0.15, 0.2) is 0 Å². The second-order valence-corrected chi connectivity index (χ2v) is 5.40. The van der Waals surface area contributed by atoms with E-state index in [0.29, 0.717) is 6.42 Å². The normalized spacial score (nSPS) is 10.4. The fraction of sp³-hybridized carbons (Fsp3) is 0.0833. The number of benzene rings is 1. The minimum Gasteiger partial charge on any atom is -0.493 e. The molecule has 0 spiro atoms. The molecular formula is C12H9BrINO. The van der Waals surface area contributed by atoms with E-state index in [0.717, 1.165) is 13.7 Å². The fourth-order valence-electron chi connectivity index (χ4n) is 1.41. The van der Waals surface area contributed by atoms with Gasteiger partial charge in [-0.2, -0.15) is 0 Å². The van der Waals surface area contributed by atoms with Crippen LogP contribution < -0.4 is 0 Å². The Labute approximate surface area is 116 Å². The molecule has 0 unspecified atom stereocenters. The highest BCUT2D eigenvalue weighted by Crippen LogP contribution is 2.25. The molecule has 2 nitrogen and oxygen atoms in total. The van der Waals surface area contributed by atoms with Gasteiger partial charge in [-0.05, 0) is 50.2 Å². The predicted octanol–water partition coefficient (Wildman–Crippen LogP) is 3.75. The van der Waals surface area contributed by atoms with Gasteiger partial charge in [-0.15, -0.1) is 0 Å². The molecule has 82 valence electrons. The summed E-state index contributed by atoms with van der Waals surface area (Å²) in [4.78, 5) is 4.17. The number of halogens is 2. The largest absolute Gasteiger partial charge is 0.493 e. The molecular weight excluding hydrogens is 381 g/mol. The Kier molecular flexibility index (Phi) is 3.81. The molecule has 1 N–H and O–H groups in total. The van der Waals surface area contributed by atoms with Gasteiger partial charge in [0.25, 0.3) is 0 Å². The average molecular weight is 390 g/mol. The smallest absolute Gasteiger partial charge is 0.224 e. The van der Waals surface area contributed by atoms with Gasteiger partial charge in [-0.1, -0.05) is 30.3 Å². The summed E-state index contributed by atoms with van der Waals surface area (Å²) in [6, 6.07) is 11.9. The van der Waals surface area contributed by atoms with Crippen molar-refractivity contribution in [2.75, 3.05) is 0 Å². The Hall–Kier alpha value is -0.620. The zero-order chi connectivity index (χ0) is 11.5. The van der Waals surface area contributed by atoms with E-state index in [1.165, 1.54) is 5.56 Å². The number of hydrogen-bond acceptors (Lipinski definition) is 2. The highest BCUT2D eigenvalue weighted by atomic mass is 127. The van der Waals surface area contributed by atoms with Crippen LogP contribution in [-0.2, 0) is 6.42 Å². The van der Waals surface area contributed by atoms with Crippen LogP contribution in [0.2, 0.25) is 0 Å². The van der Waals surface area contributed by atoms with Crippen LogP contribution in [0.1, 0.15) is 11.3 Å². The lowest BCUT2D eigenvalue weighted by Gasteiger charge is -2.05. The van der Waals surface area contributed by atoms with Crippen molar-refractivity contribution in [2.24, 2.45) is 0 Å². The van der Waals surface area contributed by atoms with Crippen LogP contribution in [0.4, 0.5) is 0 Å². The molecule has 0 radical (unpaired) electrons. The maximum Gasteiger partial charge on any atom is 0.224 e. The second-order valence-electron chi connectivity index (χ2n) is 3.38. The molecule has 0 bridgehead atoms. The molecule has 0 fully saturated rings. The quantitative estimate of drug-likeness (QED) is 0.793. The van der Waals surface area contributed by atoms with E-state index in [1.54, 1.807) is 0 Å². The molecule has 0 saturated heterocycles. The highest BCUT2D eigenvalue weighted by molar-refractivity contribution is 14.1. The number of rotatable bonds is 2. The van der Waals surface area contributed by atoms with E-state index >= 15 is 0 Å². The molecule has 0 aliphatic rings. The van der Waals surface area contributed by atoms with Gasteiger partial charge in [0.2, 0.25) is 5.88 Å². The van der Waals surface area contributed by atoms with Crippen molar-refractivity contribution in [3.8, 4) is 5.88 Å². The first-order chi connectivity index (χ1) is 7.66. The maximum absolute atomic E-state index is 9.56. The molecule has 2 aromatic rings. The Bertz CT molecular complexity index is 502. The lowest BCUT2D eigenvalue weighted by atomic mass is 10.1. The Morgan fingerprint density at radius 2 is 1.94 bits per heavy atom. The van der Waals surface area contributed by atoms with E-state index < -0.39 is 0 Å². The first-order valence-electron chi connectivity index (χ1n) is 4.74. The molecule has 0 atom stereocenters. The van der Waals surface area contributed by atoms with Gasteiger partial charge in [-0.25, -0.2) is 4.98 Å². The van der Waals surface area contributed by atoms with Crippen molar-refractivity contribution in [3.63, 3.8) is 0 Å². The summed E-state index contributed by atoms with van der Waals surface area (Å²) in [6.45, 7) is 0. The minimum atomic E-state index is 0.0923. The standard InChI is InChI=1S/C12H9BrINO/c13-9-7-10(14)12(16)15-11(9)6-8-4-2-1-3-5-8/h1-5,7H,6H2,(H,15,16). The van der Waals surface area contributed by atoms with Crippen molar-refractivity contribution in [1.82, 2.24) is 4.98 Å². The summed E-state index contributed by atoms with van der Waals surface area (Å²) in [6.07, 6.45) is 0.714. The summed E-state index contributed by atoms with van der Waals surface area (Å²) < 4.78 is 1.68. The van der Waals surface area contributed by atoms with Crippen molar-refractivity contribution >= 4 is 38.5 Å². The van der Waals surface area contributed by atoms with Crippen LogP contribution in [-0.4, -0.2) is 10.1 Å². The molecule has 0 aliphatic carbocycles.